The van der Waals surface area contributed by atoms with E-state index in [0.29, 0.717) is 17.9 Å². The van der Waals surface area contributed by atoms with E-state index in [9.17, 15) is 9.59 Å². The standard InChI is InChI=1S/C18H26N4O2/c1-17(2,3)15(24)16-19-9-12(22(16)7)8-18(4,5)14(23)13-10-21(6)11-20-13/h9-11H,8H2,1-7H3. The number of Topliss-reactive ketones (excluding diaryl/α,β-unsaturated/α-hetero) is 2. The number of rotatable bonds is 5. The highest BCUT2D eigenvalue weighted by atomic mass is 16.1. The average Bonchev–Trinajstić information content (AvgIpc) is 3.03. The lowest BCUT2D eigenvalue weighted by Gasteiger charge is -2.22. The van der Waals surface area contributed by atoms with E-state index >= 15 is 0 Å². The van der Waals surface area contributed by atoms with Crippen LogP contribution in [0.25, 0.3) is 0 Å². The Bertz CT molecular complexity index is 775. The molecule has 0 bridgehead atoms. The number of hydrogen-bond acceptors (Lipinski definition) is 4. The molecule has 0 saturated heterocycles. The van der Waals surface area contributed by atoms with E-state index in [1.807, 2.05) is 48.7 Å². The molecule has 2 heterocycles. The van der Waals surface area contributed by atoms with Crippen LogP contribution < -0.4 is 0 Å². The van der Waals surface area contributed by atoms with Crippen molar-refractivity contribution in [2.45, 2.75) is 41.0 Å². The first-order chi connectivity index (χ1) is 10.9. The van der Waals surface area contributed by atoms with Gasteiger partial charge in [-0.2, -0.15) is 0 Å². The maximum atomic E-state index is 12.7. The van der Waals surface area contributed by atoms with E-state index in [-0.39, 0.29) is 11.6 Å². The van der Waals surface area contributed by atoms with Gasteiger partial charge >= 0.3 is 0 Å². The van der Waals surface area contributed by atoms with Crippen LogP contribution in [-0.2, 0) is 20.5 Å². The summed E-state index contributed by atoms with van der Waals surface area (Å²) in [7, 11) is 3.66. The van der Waals surface area contributed by atoms with E-state index < -0.39 is 10.8 Å². The number of imidazole rings is 2. The first-order valence-corrected chi connectivity index (χ1v) is 8.01. The summed E-state index contributed by atoms with van der Waals surface area (Å²) in [5, 5.41) is 0. The summed E-state index contributed by atoms with van der Waals surface area (Å²) in [6.07, 6.45) is 5.52. The molecule has 0 aromatic carbocycles. The molecule has 0 radical (unpaired) electrons. The van der Waals surface area contributed by atoms with Crippen molar-refractivity contribution in [3.8, 4) is 0 Å². The monoisotopic (exact) mass is 330 g/mol. The molecular formula is C18H26N4O2. The molecule has 6 nitrogen and oxygen atoms in total. The van der Waals surface area contributed by atoms with Crippen molar-refractivity contribution in [3.05, 3.63) is 35.9 Å². The highest BCUT2D eigenvalue weighted by Gasteiger charge is 2.33. The molecule has 130 valence electrons. The molecule has 0 N–H and O–H groups in total. The topological polar surface area (TPSA) is 69.8 Å². The Morgan fingerprint density at radius 2 is 1.67 bits per heavy atom. The van der Waals surface area contributed by atoms with Crippen LogP contribution in [0.15, 0.2) is 18.7 Å². The molecule has 6 heteroatoms. The number of aromatic nitrogens is 4. The zero-order chi connectivity index (χ0) is 18.3. The zero-order valence-electron chi connectivity index (χ0n) is 15.5. The van der Waals surface area contributed by atoms with E-state index in [2.05, 4.69) is 9.97 Å². The van der Waals surface area contributed by atoms with Crippen LogP contribution in [0.2, 0.25) is 0 Å². The van der Waals surface area contributed by atoms with Gasteiger partial charge in [0.1, 0.15) is 5.69 Å². The minimum Gasteiger partial charge on any atom is -0.340 e. The molecule has 2 aromatic heterocycles. The third-order valence-corrected chi connectivity index (χ3v) is 4.14. The third kappa shape index (κ3) is 3.47. The summed E-state index contributed by atoms with van der Waals surface area (Å²) in [6.45, 7) is 9.40. The summed E-state index contributed by atoms with van der Waals surface area (Å²) in [5.74, 6) is 0.400. The molecule has 0 aliphatic rings. The Morgan fingerprint density at radius 3 is 2.17 bits per heavy atom. The average molecular weight is 330 g/mol. The smallest absolute Gasteiger partial charge is 0.203 e. The van der Waals surface area contributed by atoms with E-state index in [1.165, 1.54) is 0 Å². The molecule has 2 rings (SSSR count). The van der Waals surface area contributed by atoms with Gasteiger partial charge in [0.25, 0.3) is 0 Å². The molecular weight excluding hydrogens is 304 g/mol. The second-order valence-electron chi connectivity index (χ2n) is 8.03. The molecule has 0 aliphatic heterocycles. The van der Waals surface area contributed by atoms with Crippen LogP contribution in [0.3, 0.4) is 0 Å². The molecule has 0 amide bonds. The van der Waals surface area contributed by atoms with Crippen molar-refractivity contribution in [3.63, 3.8) is 0 Å². The first kappa shape index (κ1) is 18.1. The van der Waals surface area contributed by atoms with E-state index in [0.717, 1.165) is 5.69 Å². The lowest BCUT2D eigenvalue weighted by Crippen LogP contribution is -2.29. The number of aryl methyl sites for hydroxylation is 1. The Morgan fingerprint density at radius 1 is 1.04 bits per heavy atom. The van der Waals surface area contributed by atoms with E-state index in [1.54, 1.807) is 27.9 Å². The van der Waals surface area contributed by atoms with Crippen molar-refractivity contribution in [2.75, 3.05) is 0 Å². The second-order valence-corrected chi connectivity index (χ2v) is 8.03. The number of carbonyl (C=O) groups is 2. The number of ketones is 2. The fourth-order valence-corrected chi connectivity index (χ4v) is 2.57. The largest absolute Gasteiger partial charge is 0.340 e. The van der Waals surface area contributed by atoms with Crippen LogP contribution >= 0.6 is 0 Å². The van der Waals surface area contributed by atoms with Gasteiger partial charge in [0, 0.05) is 49.4 Å². The predicted octanol–water partition coefficient (Wildman–Crippen LogP) is 2.83. The number of carbonyl (C=O) groups excluding carboxylic acids is 2. The molecule has 24 heavy (non-hydrogen) atoms. The summed E-state index contributed by atoms with van der Waals surface area (Å²) in [4.78, 5) is 33.6. The highest BCUT2D eigenvalue weighted by Crippen LogP contribution is 2.27. The normalized spacial score (nSPS) is 12.5. The molecule has 0 aliphatic carbocycles. The maximum absolute atomic E-state index is 12.7. The van der Waals surface area contributed by atoms with Crippen molar-refractivity contribution >= 4 is 11.6 Å². The quantitative estimate of drug-likeness (QED) is 0.791. The van der Waals surface area contributed by atoms with Crippen molar-refractivity contribution < 1.29 is 9.59 Å². The van der Waals surface area contributed by atoms with Crippen LogP contribution in [-0.4, -0.2) is 30.7 Å². The van der Waals surface area contributed by atoms with Gasteiger partial charge in [-0.1, -0.05) is 34.6 Å². The fraction of sp³-hybridized carbons (Fsp3) is 0.556. The SMILES string of the molecule is Cn1cnc(C(=O)C(C)(C)Cc2cnc(C(=O)C(C)(C)C)n2C)c1. The summed E-state index contributed by atoms with van der Waals surface area (Å²) < 4.78 is 3.55. The first-order valence-electron chi connectivity index (χ1n) is 8.01. The Hall–Kier alpha value is -2.24. The molecule has 2 aromatic rings. The summed E-state index contributed by atoms with van der Waals surface area (Å²) in [5.41, 5.74) is 0.187. The summed E-state index contributed by atoms with van der Waals surface area (Å²) in [6, 6.07) is 0. The van der Waals surface area contributed by atoms with Gasteiger partial charge in [0.15, 0.2) is 11.6 Å². The Kier molecular flexibility index (Phi) is 4.52. The third-order valence-electron chi connectivity index (χ3n) is 4.14. The van der Waals surface area contributed by atoms with Gasteiger partial charge in [-0.05, 0) is 0 Å². The van der Waals surface area contributed by atoms with Crippen LogP contribution in [0, 0.1) is 10.8 Å². The van der Waals surface area contributed by atoms with Gasteiger partial charge in [0.2, 0.25) is 5.78 Å². The predicted molar refractivity (Wildman–Crippen MR) is 92.0 cm³/mol. The van der Waals surface area contributed by atoms with Crippen molar-refractivity contribution in [2.24, 2.45) is 24.9 Å². The summed E-state index contributed by atoms with van der Waals surface area (Å²) >= 11 is 0. The Labute approximate surface area is 142 Å². The molecule has 0 saturated carbocycles. The van der Waals surface area contributed by atoms with Gasteiger partial charge in [-0.3, -0.25) is 9.59 Å². The lowest BCUT2D eigenvalue weighted by molar-refractivity contribution is 0.0830. The molecule has 0 fully saturated rings. The minimum absolute atomic E-state index is 0.00916. The highest BCUT2D eigenvalue weighted by molar-refractivity contribution is 5.98. The maximum Gasteiger partial charge on any atom is 0.203 e. The van der Waals surface area contributed by atoms with E-state index in [4.69, 9.17) is 0 Å². The molecule has 0 atom stereocenters. The minimum atomic E-state index is -0.635. The second kappa shape index (κ2) is 6.00. The van der Waals surface area contributed by atoms with Gasteiger partial charge in [-0.25, -0.2) is 9.97 Å². The molecule has 0 spiro atoms. The molecule has 0 unspecified atom stereocenters. The van der Waals surface area contributed by atoms with Crippen LogP contribution in [0.1, 0.15) is 61.4 Å². The van der Waals surface area contributed by atoms with Crippen LogP contribution in [0.4, 0.5) is 0 Å². The number of hydrogen-bond donors (Lipinski definition) is 0. The Balaban J connectivity index is 2.26. The van der Waals surface area contributed by atoms with Crippen molar-refractivity contribution in [1.82, 2.24) is 19.1 Å². The van der Waals surface area contributed by atoms with Crippen LogP contribution in [0.5, 0.6) is 0 Å². The lowest BCUT2D eigenvalue weighted by atomic mass is 9.82. The van der Waals surface area contributed by atoms with Gasteiger partial charge < -0.3 is 9.13 Å². The van der Waals surface area contributed by atoms with Gasteiger partial charge in [-0.15, -0.1) is 0 Å². The number of nitrogens with zero attached hydrogens (tertiary/aromatic N) is 4. The van der Waals surface area contributed by atoms with Gasteiger partial charge in [0.05, 0.1) is 6.33 Å². The fourth-order valence-electron chi connectivity index (χ4n) is 2.57. The zero-order valence-corrected chi connectivity index (χ0v) is 15.5. The van der Waals surface area contributed by atoms with Crippen molar-refractivity contribution in [1.29, 1.82) is 0 Å².